The van der Waals surface area contributed by atoms with Crippen LogP contribution in [0.2, 0.25) is 0 Å². The van der Waals surface area contributed by atoms with Crippen LogP contribution in [0.25, 0.3) is 0 Å². The highest BCUT2D eigenvalue weighted by molar-refractivity contribution is 6.04. The molecule has 0 radical (unpaired) electrons. The molecule has 0 bridgehead atoms. The van der Waals surface area contributed by atoms with Crippen molar-refractivity contribution in [3.63, 3.8) is 0 Å². The number of hydrogen-bond acceptors (Lipinski definition) is 4. The molecule has 3 rings (SSSR count). The van der Waals surface area contributed by atoms with Gasteiger partial charge in [0.05, 0.1) is 5.92 Å². The molecule has 5 nitrogen and oxygen atoms in total. The van der Waals surface area contributed by atoms with E-state index >= 15 is 0 Å². The van der Waals surface area contributed by atoms with Gasteiger partial charge in [-0.15, -0.1) is 0 Å². The standard InChI is InChI=1S/C20H19NO4/c1-13-11-17(13)20(24)25-12-18(22)14-7-9-16(10-8-14)21-19(23)15-5-3-2-4-6-15/h2-10,13,17H,11-12H2,1H3,(H,21,23)/t13-,17+/m1/s1. The number of amides is 1. The first-order valence-electron chi connectivity index (χ1n) is 8.21. The first-order chi connectivity index (χ1) is 12.0. The van der Waals surface area contributed by atoms with E-state index < -0.39 is 0 Å². The van der Waals surface area contributed by atoms with Crippen molar-refractivity contribution < 1.29 is 19.1 Å². The SMILES string of the molecule is C[C@@H]1C[C@@H]1C(=O)OCC(=O)c1ccc(NC(=O)c2ccccc2)cc1. The van der Waals surface area contributed by atoms with Crippen LogP contribution < -0.4 is 5.32 Å². The summed E-state index contributed by atoms with van der Waals surface area (Å²) in [5, 5.41) is 2.77. The van der Waals surface area contributed by atoms with Crippen molar-refractivity contribution >= 4 is 23.3 Å². The molecule has 1 amide bonds. The summed E-state index contributed by atoms with van der Waals surface area (Å²) in [6, 6.07) is 15.4. The highest BCUT2D eigenvalue weighted by Crippen LogP contribution is 2.38. The van der Waals surface area contributed by atoms with E-state index in [1.807, 2.05) is 13.0 Å². The minimum Gasteiger partial charge on any atom is -0.457 e. The van der Waals surface area contributed by atoms with Crippen molar-refractivity contribution in [3.8, 4) is 0 Å². The summed E-state index contributed by atoms with van der Waals surface area (Å²) < 4.78 is 5.05. The van der Waals surface area contributed by atoms with Crippen LogP contribution in [-0.2, 0) is 9.53 Å². The minimum atomic E-state index is -0.299. The number of ketones is 1. The van der Waals surface area contributed by atoms with Gasteiger partial charge in [0, 0.05) is 16.8 Å². The normalized spacial score (nSPS) is 18.3. The van der Waals surface area contributed by atoms with Crippen LogP contribution in [0.15, 0.2) is 54.6 Å². The number of esters is 1. The second-order valence-electron chi connectivity index (χ2n) is 6.25. The van der Waals surface area contributed by atoms with Gasteiger partial charge in [0.25, 0.3) is 5.91 Å². The number of anilines is 1. The quantitative estimate of drug-likeness (QED) is 0.648. The lowest BCUT2D eigenvalue weighted by molar-refractivity contribution is -0.144. The van der Waals surface area contributed by atoms with Crippen molar-refractivity contribution in [1.82, 2.24) is 0 Å². The molecule has 0 saturated heterocycles. The molecule has 0 unspecified atom stereocenters. The largest absolute Gasteiger partial charge is 0.457 e. The molecular formula is C20H19NO4. The maximum Gasteiger partial charge on any atom is 0.309 e. The molecule has 1 N–H and O–H groups in total. The summed E-state index contributed by atoms with van der Waals surface area (Å²) in [6.45, 7) is 1.73. The Labute approximate surface area is 146 Å². The van der Waals surface area contributed by atoms with Crippen LogP contribution in [-0.4, -0.2) is 24.3 Å². The van der Waals surface area contributed by atoms with E-state index in [2.05, 4.69) is 5.32 Å². The van der Waals surface area contributed by atoms with Crippen molar-refractivity contribution in [2.45, 2.75) is 13.3 Å². The van der Waals surface area contributed by atoms with Crippen molar-refractivity contribution in [2.75, 3.05) is 11.9 Å². The monoisotopic (exact) mass is 337 g/mol. The Morgan fingerprint density at radius 1 is 1.00 bits per heavy atom. The third kappa shape index (κ3) is 4.32. The lowest BCUT2D eigenvalue weighted by atomic mass is 10.1. The topological polar surface area (TPSA) is 72.5 Å². The molecule has 0 aromatic heterocycles. The Morgan fingerprint density at radius 2 is 1.64 bits per heavy atom. The lowest BCUT2D eigenvalue weighted by Crippen LogP contribution is -2.16. The van der Waals surface area contributed by atoms with Crippen molar-refractivity contribution in [1.29, 1.82) is 0 Å². The molecule has 2 atom stereocenters. The molecule has 25 heavy (non-hydrogen) atoms. The summed E-state index contributed by atoms with van der Waals surface area (Å²) in [5.41, 5.74) is 1.59. The second kappa shape index (κ2) is 7.30. The molecule has 0 aliphatic heterocycles. The maximum absolute atomic E-state index is 12.1. The highest BCUT2D eigenvalue weighted by atomic mass is 16.5. The second-order valence-corrected chi connectivity index (χ2v) is 6.25. The number of ether oxygens (including phenoxy) is 1. The van der Waals surface area contributed by atoms with Gasteiger partial charge in [0.1, 0.15) is 0 Å². The molecule has 5 heteroatoms. The summed E-state index contributed by atoms with van der Waals surface area (Å²) in [5.74, 6) is -0.471. The fraction of sp³-hybridized carbons (Fsp3) is 0.250. The molecule has 0 spiro atoms. The third-order valence-corrected chi connectivity index (χ3v) is 4.26. The average Bonchev–Trinajstić information content (AvgIpc) is 3.37. The van der Waals surface area contributed by atoms with Crippen LogP contribution in [0.3, 0.4) is 0 Å². The van der Waals surface area contributed by atoms with Gasteiger partial charge in [-0.2, -0.15) is 0 Å². The molecule has 1 aliphatic rings. The molecular weight excluding hydrogens is 318 g/mol. The van der Waals surface area contributed by atoms with Crippen LogP contribution >= 0.6 is 0 Å². The fourth-order valence-electron chi connectivity index (χ4n) is 2.51. The lowest BCUT2D eigenvalue weighted by Gasteiger charge is -2.07. The Balaban J connectivity index is 1.53. The Hall–Kier alpha value is -2.95. The zero-order valence-corrected chi connectivity index (χ0v) is 13.9. The summed E-state index contributed by atoms with van der Waals surface area (Å²) in [7, 11) is 0. The smallest absolute Gasteiger partial charge is 0.309 e. The minimum absolute atomic E-state index is 0.0524. The maximum atomic E-state index is 12.1. The van der Waals surface area contributed by atoms with Crippen LogP contribution in [0.4, 0.5) is 5.69 Å². The van der Waals surface area contributed by atoms with Gasteiger partial charge in [-0.1, -0.05) is 25.1 Å². The number of rotatable bonds is 6. The van der Waals surface area contributed by atoms with E-state index in [0.29, 0.717) is 22.7 Å². The third-order valence-electron chi connectivity index (χ3n) is 4.26. The molecule has 1 fully saturated rings. The van der Waals surface area contributed by atoms with E-state index in [4.69, 9.17) is 4.74 Å². The van der Waals surface area contributed by atoms with Gasteiger partial charge >= 0.3 is 5.97 Å². The summed E-state index contributed by atoms with van der Waals surface area (Å²) in [4.78, 5) is 35.8. The van der Waals surface area contributed by atoms with Gasteiger partial charge in [-0.05, 0) is 48.7 Å². The average molecular weight is 337 g/mol. The first-order valence-corrected chi connectivity index (χ1v) is 8.21. The van der Waals surface area contributed by atoms with Gasteiger partial charge < -0.3 is 10.1 Å². The van der Waals surface area contributed by atoms with Crippen LogP contribution in [0.1, 0.15) is 34.1 Å². The number of carbonyl (C=O) groups is 3. The zero-order chi connectivity index (χ0) is 17.8. The van der Waals surface area contributed by atoms with E-state index in [9.17, 15) is 14.4 Å². The molecule has 1 saturated carbocycles. The van der Waals surface area contributed by atoms with Crippen LogP contribution in [0.5, 0.6) is 0 Å². The fourth-order valence-corrected chi connectivity index (χ4v) is 2.51. The molecule has 128 valence electrons. The number of hydrogen-bond donors (Lipinski definition) is 1. The summed E-state index contributed by atoms with van der Waals surface area (Å²) in [6.07, 6.45) is 0.836. The van der Waals surface area contributed by atoms with E-state index in [0.717, 1.165) is 6.42 Å². The first kappa shape index (κ1) is 16.9. The van der Waals surface area contributed by atoms with Gasteiger partial charge in [-0.25, -0.2) is 0 Å². The Bertz CT molecular complexity index is 783. The number of Topliss-reactive ketones (excluding diaryl/α,β-unsaturated/α-hetero) is 1. The molecule has 2 aromatic rings. The van der Waals surface area contributed by atoms with E-state index in [-0.39, 0.29) is 30.2 Å². The number of benzene rings is 2. The zero-order valence-electron chi connectivity index (χ0n) is 13.9. The van der Waals surface area contributed by atoms with Crippen molar-refractivity contribution in [3.05, 3.63) is 65.7 Å². The number of carbonyl (C=O) groups excluding carboxylic acids is 3. The van der Waals surface area contributed by atoms with E-state index in [1.165, 1.54) is 0 Å². The van der Waals surface area contributed by atoms with Gasteiger partial charge in [0.15, 0.2) is 12.4 Å². The van der Waals surface area contributed by atoms with Crippen molar-refractivity contribution in [2.24, 2.45) is 11.8 Å². The molecule has 2 aromatic carbocycles. The Kier molecular flexibility index (Phi) is 4.93. The predicted octanol–water partition coefficient (Wildman–Crippen LogP) is 3.32. The molecule has 0 heterocycles. The Morgan fingerprint density at radius 3 is 2.24 bits per heavy atom. The van der Waals surface area contributed by atoms with E-state index in [1.54, 1.807) is 48.5 Å². The number of nitrogens with one attached hydrogen (secondary N) is 1. The van der Waals surface area contributed by atoms with Crippen LogP contribution in [0, 0.1) is 11.8 Å². The van der Waals surface area contributed by atoms with Gasteiger partial charge in [-0.3, -0.25) is 14.4 Å². The summed E-state index contributed by atoms with van der Waals surface area (Å²) >= 11 is 0. The highest BCUT2D eigenvalue weighted by Gasteiger charge is 2.40. The van der Waals surface area contributed by atoms with Gasteiger partial charge in [0.2, 0.25) is 0 Å². The predicted molar refractivity (Wildman–Crippen MR) is 93.4 cm³/mol. The molecule has 1 aliphatic carbocycles.